The topological polar surface area (TPSA) is 106 Å². The van der Waals surface area contributed by atoms with Crippen molar-refractivity contribution in [1.29, 1.82) is 0 Å². The number of carbonyl (C=O) groups is 3. The molecule has 2 N–H and O–H groups in total. The predicted molar refractivity (Wildman–Crippen MR) is 98.1 cm³/mol. The molecule has 2 amide bonds. The zero-order valence-corrected chi connectivity index (χ0v) is 15.6. The maximum absolute atomic E-state index is 12.5. The number of morpholine rings is 1. The van der Waals surface area contributed by atoms with Gasteiger partial charge in [0.15, 0.2) is 0 Å². The van der Waals surface area contributed by atoms with E-state index in [1.807, 2.05) is 30.3 Å². The van der Waals surface area contributed by atoms with Crippen LogP contribution in [0, 0.1) is 0 Å². The summed E-state index contributed by atoms with van der Waals surface area (Å²) in [6, 6.07) is 9.24. The first-order chi connectivity index (χ1) is 13.6. The lowest BCUT2D eigenvalue weighted by molar-refractivity contribution is -0.168. The van der Waals surface area contributed by atoms with Crippen LogP contribution < -0.4 is 10.6 Å². The van der Waals surface area contributed by atoms with Crippen LogP contribution >= 0.6 is 0 Å². The quantitative estimate of drug-likeness (QED) is 0.565. The molecule has 1 aromatic carbocycles. The lowest BCUT2D eigenvalue weighted by Gasteiger charge is -2.35. The number of piperidine rings is 1. The van der Waals surface area contributed by atoms with E-state index in [2.05, 4.69) is 10.6 Å². The van der Waals surface area contributed by atoms with Gasteiger partial charge >= 0.3 is 18.0 Å². The van der Waals surface area contributed by atoms with Gasteiger partial charge in [-0.2, -0.15) is 0 Å². The van der Waals surface area contributed by atoms with Crippen LogP contribution in [0.25, 0.3) is 0 Å². The number of amides is 2. The molecule has 0 spiro atoms. The zero-order valence-electron chi connectivity index (χ0n) is 15.6. The first-order valence-corrected chi connectivity index (χ1v) is 9.41. The monoisotopic (exact) mass is 391 g/mol. The Morgan fingerprint density at radius 1 is 1.25 bits per heavy atom. The Kier molecular flexibility index (Phi) is 7.21. The van der Waals surface area contributed by atoms with Crippen LogP contribution in [0.5, 0.6) is 0 Å². The van der Waals surface area contributed by atoms with Crippen molar-refractivity contribution >= 4 is 18.0 Å². The lowest BCUT2D eigenvalue weighted by atomic mass is 10.1. The third kappa shape index (κ3) is 5.67. The molecular formula is C19H25N3O6. The van der Waals surface area contributed by atoms with E-state index >= 15 is 0 Å². The fourth-order valence-electron chi connectivity index (χ4n) is 3.11. The van der Waals surface area contributed by atoms with E-state index in [0.717, 1.165) is 24.9 Å². The summed E-state index contributed by atoms with van der Waals surface area (Å²) in [6.07, 6.45) is -0.180. The fraction of sp³-hybridized carbons (Fsp3) is 0.526. The molecule has 0 radical (unpaired) electrons. The lowest BCUT2D eigenvalue weighted by Crippen LogP contribution is -2.59. The molecule has 2 saturated heterocycles. The third-order valence-corrected chi connectivity index (χ3v) is 4.59. The van der Waals surface area contributed by atoms with Gasteiger partial charge in [-0.3, -0.25) is 10.1 Å². The van der Waals surface area contributed by atoms with E-state index in [0.29, 0.717) is 6.54 Å². The first kappa shape index (κ1) is 20.1. The molecule has 2 atom stereocenters. The Labute approximate surface area is 163 Å². The van der Waals surface area contributed by atoms with Gasteiger partial charge in [-0.1, -0.05) is 30.3 Å². The molecule has 152 valence electrons. The molecule has 9 nitrogen and oxygen atoms in total. The molecule has 1 aromatic rings. The van der Waals surface area contributed by atoms with E-state index in [4.69, 9.17) is 14.2 Å². The minimum atomic E-state index is -0.917. The molecule has 9 heteroatoms. The van der Waals surface area contributed by atoms with Crippen LogP contribution in [0.2, 0.25) is 0 Å². The highest BCUT2D eigenvalue weighted by atomic mass is 16.6. The Bertz CT molecular complexity index is 678. The molecule has 3 rings (SSSR count). The normalized spacial score (nSPS) is 22.2. The van der Waals surface area contributed by atoms with Gasteiger partial charge in [0.05, 0.1) is 13.2 Å². The van der Waals surface area contributed by atoms with Crippen LogP contribution in [0.3, 0.4) is 0 Å². The van der Waals surface area contributed by atoms with Crippen LogP contribution in [0.15, 0.2) is 30.3 Å². The van der Waals surface area contributed by atoms with Crippen molar-refractivity contribution in [3.63, 3.8) is 0 Å². The third-order valence-electron chi connectivity index (χ3n) is 4.59. The average molecular weight is 391 g/mol. The van der Waals surface area contributed by atoms with Crippen molar-refractivity contribution in [2.45, 2.75) is 31.7 Å². The second-order valence-corrected chi connectivity index (χ2v) is 6.67. The number of nitrogens with one attached hydrogen (secondary N) is 2. The molecule has 2 fully saturated rings. The molecular weight excluding hydrogens is 366 g/mol. The number of hydrogen-bond acceptors (Lipinski definition) is 7. The largest absolute Gasteiger partial charge is 0.454 e. The summed E-state index contributed by atoms with van der Waals surface area (Å²) in [5, 5.41) is 5.70. The molecule has 0 unspecified atom stereocenters. The molecule has 0 aliphatic carbocycles. The highest BCUT2D eigenvalue weighted by Crippen LogP contribution is 2.10. The van der Waals surface area contributed by atoms with Crippen molar-refractivity contribution in [3.8, 4) is 0 Å². The average Bonchev–Trinajstić information content (AvgIpc) is 2.73. The van der Waals surface area contributed by atoms with Crippen molar-refractivity contribution < 1.29 is 28.6 Å². The number of benzene rings is 1. The number of hydrogen-bond donors (Lipinski definition) is 2. The fourth-order valence-corrected chi connectivity index (χ4v) is 3.11. The molecule has 0 aromatic heterocycles. The Balaban J connectivity index is 1.51. The smallest absolute Gasteiger partial charge is 0.409 e. The Hall–Kier alpha value is -2.65. The number of carbonyl (C=O) groups excluding carboxylic acids is 3. The summed E-state index contributed by atoms with van der Waals surface area (Å²) in [5.41, 5.74) is 0.843. The standard InChI is InChI=1S/C19H25N3O6/c23-17(18(24)28-15-7-4-8-20-11-15)22-9-10-26-13-16(22)21-19(25)27-12-14-5-2-1-3-6-14/h1-3,5-6,15-16,20H,4,7-13H2,(H,21,25)/t15-,16+/m1/s1. The van der Waals surface area contributed by atoms with Gasteiger partial charge < -0.3 is 24.4 Å². The number of alkyl carbamates (subject to hydrolysis) is 1. The highest BCUT2D eigenvalue weighted by Gasteiger charge is 2.34. The summed E-state index contributed by atoms with van der Waals surface area (Å²) >= 11 is 0. The molecule has 0 saturated carbocycles. The molecule has 0 bridgehead atoms. The second-order valence-electron chi connectivity index (χ2n) is 6.67. The van der Waals surface area contributed by atoms with E-state index in [1.165, 1.54) is 4.90 Å². The van der Waals surface area contributed by atoms with E-state index < -0.39 is 24.1 Å². The minimum Gasteiger partial charge on any atom is -0.454 e. The number of rotatable bonds is 4. The Morgan fingerprint density at radius 2 is 2.07 bits per heavy atom. The van der Waals surface area contributed by atoms with Crippen LogP contribution in [0.1, 0.15) is 18.4 Å². The van der Waals surface area contributed by atoms with E-state index in [-0.39, 0.29) is 32.5 Å². The molecule has 2 heterocycles. The van der Waals surface area contributed by atoms with Gasteiger partial charge in [-0.25, -0.2) is 9.59 Å². The first-order valence-electron chi connectivity index (χ1n) is 9.41. The Morgan fingerprint density at radius 3 is 2.82 bits per heavy atom. The van der Waals surface area contributed by atoms with Crippen molar-refractivity contribution in [2.75, 3.05) is 32.8 Å². The van der Waals surface area contributed by atoms with Crippen LogP contribution in [0.4, 0.5) is 4.79 Å². The van der Waals surface area contributed by atoms with Crippen molar-refractivity contribution in [1.82, 2.24) is 15.5 Å². The molecule has 28 heavy (non-hydrogen) atoms. The highest BCUT2D eigenvalue weighted by molar-refractivity contribution is 6.32. The van der Waals surface area contributed by atoms with Gasteiger partial charge in [0.1, 0.15) is 18.9 Å². The number of esters is 1. The molecule has 2 aliphatic heterocycles. The summed E-state index contributed by atoms with van der Waals surface area (Å²) in [7, 11) is 0. The van der Waals surface area contributed by atoms with Gasteiger partial charge in [0.25, 0.3) is 0 Å². The van der Waals surface area contributed by atoms with Crippen LogP contribution in [-0.2, 0) is 30.4 Å². The predicted octanol–water partition coefficient (Wildman–Crippen LogP) is 0.393. The van der Waals surface area contributed by atoms with Crippen molar-refractivity contribution in [3.05, 3.63) is 35.9 Å². The second kappa shape index (κ2) is 10.0. The maximum atomic E-state index is 12.5. The summed E-state index contributed by atoms with van der Waals surface area (Å²) in [4.78, 5) is 38.1. The summed E-state index contributed by atoms with van der Waals surface area (Å²) in [5.74, 6) is -1.71. The zero-order chi connectivity index (χ0) is 19.8. The molecule has 2 aliphatic rings. The number of nitrogens with zero attached hydrogens (tertiary/aromatic N) is 1. The van der Waals surface area contributed by atoms with Gasteiger partial charge in [-0.15, -0.1) is 0 Å². The van der Waals surface area contributed by atoms with E-state index in [9.17, 15) is 14.4 Å². The SMILES string of the molecule is O=C(N[C@@H]1COCCN1C(=O)C(=O)O[C@@H]1CCCNC1)OCc1ccccc1. The maximum Gasteiger partial charge on any atom is 0.409 e. The number of ether oxygens (including phenoxy) is 3. The van der Waals surface area contributed by atoms with Gasteiger partial charge in [0, 0.05) is 13.1 Å². The summed E-state index contributed by atoms with van der Waals surface area (Å²) < 4.78 is 15.8. The van der Waals surface area contributed by atoms with Gasteiger partial charge in [0.2, 0.25) is 0 Å². The van der Waals surface area contributed by atoms with Crippen LogP contribution in [-0.4, -0.2) is 68.0 Å². The minimum absolute atomic E-state index is 0.0739. The van der Waals surface area contributed by atoms with E-state index in [1.54, 1.807) is 0 Å². The summed E-state index contributed by atoms with van der Waals surface area (Å²) in [6.45, 7) is 2.05. The van der Waals surface area contributed by atoms with Crippen molar-refractivity contribution in [2.24, 2.45) is 0 Å². The van der Waals surface area contributed by atoms with Gasteiger partial charge in [-0.05, 0) is 24.9 Å².